The van der Waals surface area contributed by atoms with E-state index in [1.54, 1.807) is 20.8 Å². The fourth-order valence-electron chi connectivity index (χ4n) is 4.68. The van der Waals surface area contributed by atoms with E-state index in [2.05, 4.69) is 33.7 Å². The molecule has 2 aliphatic rings. The van der Waals surface area contributed by atoms with E-state index in [4.69, 9.17) is 9.47 Å². The zero-order chi connectivity index (χ0) is 26.6. The Kier molecular flexibility index (Phi) is 8.36. The van der Waals surface area contributed by atoms with Gasteiger partial charge >= 0.3 is 6.09 Å². The van der Waals surface area contributed by atoms with Crippen molar-refractivity contribution in [1.29, 1.82) is 0 Å². The second-order valence-corrected chi connectivity index (χ2v) is 10.9. The molecule has 1 saturated carbocycles. The van der Waals surface area contributed by atoms with Gasteiger partial charge in [-0.1, -0.05) is 12.1 Å². The van der Waals surface area contributed by atoms with Gasteiger partial charge in [-0.25, -0.2) is 13.6 Å². The van der Waals surface area contributed by atoms with Crippen molar-refractivity contribution in [2.75, 3.05) is 37.7 Å². The number of nitrogens with one attached hydrogen (secondary N) is 2. The number of alkyl carbamates (subject to hydrolysis) is 1. The molecular formula is C28H37F2N3O4. The molecule has 9 heteroatoms. The maximum Gasteiger partial charge on any atom is 0.407 e. The predicted molar refractivity (Wildman–Crippen MR) is 138 cm³/mol. The summed E-state index contributed by atoms with van der Waals surface area (Å²) in [5.41, 5.74) is 1.63. The van der Waals surface area contributed by atoms with Gasteiger partial charge in [0, 0.05) is 36.9 Å². The normalized spacial score (nSPS) is 18.7. The Morgan fingerprint density at radius 2 is 1.81 bits per heavy atom. The van der Waals surface area contributed by atoms with E-state index in [9.17, 15) is 18.7 Å². The highest BCUT2D eigenvalue weighted by Crippen LogP contribution is 2.46. The maximum absolute atomic E-state index is 13.8. The third-order valence-corrected chi connectivity index (χ3v) is 6.72. The van der Waals surface area contributed by atoms with E-state index in [1.165, 1.54) is 12.1 Å². The van der Waals surface area contributed by atoms with Gasteiger partial charge in [0.05, 0.1) is 25.4 Å². The van der Waals surface area contributed by atoms with Crippen molar-refractivity contribution >= 4 is 11.8 Å². The van der Waals surface area contributed by atoms with Crippen LogP contribution >= 0.6 is 0 Å². The lowest BCUT2D eigenvalue weighted by Crippen LogP contribution is -2.51. The monoisotopic (exact) mass is 517 g/mol. The number of amides is 1. The number of aliphatic hydroxyl groups is 1. The number of halogens is 2. The first-order valence-corrected chi connectivity index (χ1v) is 12.8. The Morgan fingerprint density at radius 3 is 2.43 bits per heavy atom. The van der Waals surface area contributed by atoms with Gasteiger partial charge in [-0.3, -0.25) is 0 Å². The lowest BCUT2D eigenvalue weighted by Gasteiger charge is -2.30. The first kappa shape index (κ1) is 27.3. The third kappa shape index (κ3) is 7.63. The lowest BCUT2D eigenvalue weighted by atomic mass is 9.99. The summed E-state index contributed by atoms with van der Waals surface area (Å²) in [6, 6.07) is 10.8. The summed E-state index contributed by atoms with van der Waals surface area (Å²) in [6.45, 7) is 8.51. The Morgan fingerprint density at radius 1 is 1.14 bits per heavy atom. The highest BCUT2D eigenvalue weighted by molar-refractivity contribution is 5.68. The van der Waals surface area contributed by atoms with E-state index in [0.29, 0.717) is 18.8 Å². The van der Waals surface area contributed by atoms with E-state index in [0.717, 1.165) is 43.2 Å². The average molecular weight is 518 g/mol. The van der Waals surface area contributed by atoms with Gasteiger partial charge in [0.2, 0.25) is 0 Å². The van der Waals surface area contributed by atoms with Gasteiger partial charge in [-0.15, -0.1) is 0 Å². The maximum atomic E-state index is 13.8. The highest BCUT2D eigenvalue weighted by Gasteiger charge is 2.44. The molecule has 0 aromatic heterocycles. The zero-order valence-corrected chi connectivity index (χ0v) is 21.7. The molecule has 1 aliphatic carbocycles. The van der Waals surface area contributed by atoms with E-state index in [-0.39, 0.29) is 18.5 Å². The summed E-state index contributed by atoms with van der Waals surface area (Å²) in [6.07, 6.45) is 0.152. The number of carbonyl (C=O) groups is 1. The van der Waals surface area contributed by atoms with E-state index in [1.807, 2.05) is 6.07 Å². The number of rotatable bonds is 9. The number of morpholine rings is 1. The minimum absolute atomic E-state index is 0.0380. The molecular weight excluding hydrogens is 480 g/mol. The van der Waals surface area contributed by atoms with Crippen molar-refractivity contribution in [2.45, 2.75) is 63.3 Å². The summed E-state index contributed by atoms with van der Waals surface area (Å²) in [7, 11) is 0. The molecule has 0 spiro atoms. The van der Waals surface area contributed by atoms with Crippen LogP contribution in [0.5, 0.6) is 0 Å². The quantitative estimate of drug-likeness (QED) is 0.469. The van der Waals surface area contributed by atoms with Crippen molar-refractivity contribution in [2.24, 2.45) is 0 Å². The number of benzene rings is 2. The van der Waals surface area contributed by atoms with Gasteiger partial charge in [0.1, 0.15) is 17.2 Å². The van der Waals surface area contributed by atoms with Crippen LogP contribution in [-0.2, 0) is 21.4 Å². The first-order chi connectivity index (χ1) is 17.5. The van der Waals surface area contributed by atoms with Crippen LogP contribution in [-0.4, -0.2) is 61.8 Å². The fraction of sp³-hybridized carbons (Fsp3) is 0.536. The van der Waals surface area contributed by atoms with Crippen LogP contribution in [0.4, 0.5) is 19.3 Å². The minimum Gasteiger partial charge on any atom is -0.444 e. The Labute approximate surface area is 217 Å². The molecule has 2 aromatic rings. The Bertz CT molecular complexity index is 1060. The molecule has 1 heterocycles. The third-order valence-electron chi connectivity index (χ3n) is 6.72. The van der Waals surface area contributed by atoms with Gasteiger partial charge in [0.25, 0.3) is 0 Å². The van der Waals surface area contributed by atoms with Gasteiger partial charge in [-0.2, -0.15) is 0 Å². The zero-order valence-electron chi connectivity index (χ0n) is 21.7. The predicted octanol–water partition coefficient (Wildman–Crippen LogP) is 3.88. The SMILES string of the molecule is CC(C)(C)OC(=O)NC(Cc1cc(F)cc(F)c1)C(O)CNC1(c2cccc(N3CCOCC3)c2)CC1. The average Bonchev–Trinajstić information content (AvgIpc) is 3.62. The fourth-order valence-corrected chi connectivity index (χ4v) is 4.68. The van der Waals surface area contributed by atoms with Crippen molar-refractivity contribution < 1.29 is 28.2 Å². The molecule has 2 unspecified atom stereocenters. The van der Waals surface area contributed by atoms with Crippen molar-refractivity contribution in [3.8, 4) is 0 Å². The van der Waals surface area contributed by atoms with E-state index < -0.39 is 35.5 Å². The van der Waals surface area contributed by atoms with Crippen molar-refractivity contribution in [3.05, 3.63) is 65.2 Å². The molecule has 2 aromatic carbocycles. The van der Waals surface area contributed by atoms with E-state index >= 15 is 0 Å². The lowest BCUT2D eigenvalue weighted by molar-refractivity contribution is 0.0419. The molecule has 202 valence electrons. The number of ether oxygens (including phenoxy) is 2. The van der Waals surface area contributed by atoms with Crippen LogP contribution in [0, 0.1) is 11.6 Å². The van der Waals surface area contributed by atoms with Crippen LogP contribution in [0.3, 0.4) is 0 Å². The summed E-state index contributed by atoms with van der Waals surface area (Å²) >= 11 is 0. The van der Waals surface area contributed by atoms with Gasteiger partial charge < -0.3 is 30.1 Å². The number of aliphatic hydroxyl groups excluding tert-OH is 1. The second-order valence-electron chi connectivity index (χ2n) is 10.9. The number of hydrogen-bond donors (Lipinski definition) is 3. The smallest absolute Gasteiger partial charge is 0.407 e. The molecule has 0 bridgehead atoms. The second kappa shape index (κ2) is 11.3. The summed E-state index contributed by atoms with van der Waals surface area (Å²) in [4.78, 5) is 14.8. The summed E-state index contributed by atoms with van der Waals surface area (Å²) < 4.78 is 38.4. The molecule has 2 atom stereocenters. The number of carbonyl (C=O) groups excluding carboxylic acids is 1. The van der Waals surface area contributed by atoms with Crippen molar-refractivity contribution in [1.82, 2.24) is 10.6 Å². The van der Waals surface area contributed by atoms with Gasteiger partial charge in [-0.05, 0) is 75.4 Å². The van der Waals surface area contributed by atoms with Crippen LogP contribution < -0.4 is 15.5 Å². The van der Waals surface area contributed by atoms with Gasteiger partial charge in [0.15, 0.2) is 0 Å². The Hall–Kier alpha value is -2.75. The van der Waals surface area contributed by atoms with Crippen LogP contribution in [0.25, 0.3) is 0 Å². The molecule has 1 saturated heterocycles. The van der Waals surface area contributed by atoms with Crippen molar-refractivity contribution in [3.63, 3.8) is 0 Å². The first-order valence-electron chi connectivity index (χ1n) is 12.8. The van der Waals surface area contributed by atoms with Crippen LogP contribution in [0.2, 0.25) is 0 Å². The molecule has 2 fully saturated rings. The highest BCUT2D eigenvalue weighted by atomic mass is 19.1. The molecule has 1 aliphatic heterocycles. The van der Waals surface area contributed by atoms with Crippen LogP contribution in [0.1, 0.15) is 44.7 Å². The molecule has 4 rings (SSSR count). The number of nitrogens with zero attached hydrogens (tertiary/aromatic N) is 1. The molecule has 1 amide bonds. The number of hydrogen-bond acceptors (Lipinski definition) is 6. The topological polar surface area (TPSA) is 83.1 Å². The largest absolute Gasteiger partial charge is 0.444 e. The molecule has 0 radical (unpaired) electrons. The summed E-state index contributed by atoms with van der Waals surface area (Å²) in [5.74, 6) is -1.42. The summed E-state index contributed by atoms with van der Waals surface area (Å²) in [5, 5.41) is 17.3. The Balaban J connectivity index is 1.45. The molecule has 37 heavy (non-hydrogen) atoms. The molecule has 7 nitrogen and oxygen atoms in total. The van der Waals surface area contributed by atoms with Crippen LogP contribution in [0.15, 0.2) is 42.5 Å². The number of anilines is 1. The standard InChI is InChI=1S/C28H37F2N3O4/c1-27(2,3)37-26(35)32-24(15-19-13-21(29)17-22(30)14-19)25(34)18-31-28(7-8-28)20-5-4-6-23(16-20)33-9-11-36-12-10-33/h4-6,13-14,16-17,24-25,31,34H,7-12,15,18H2,1-3H3,(H,32,35). The minimum atomic E-state index is -1.03. The molecule has 3 N–H and O–H groups in total.